The van der Waals surface area contributed by atoms with Gasteiger partial charge in [-0.3, -0.25) is 9.10 Å². The number of rotatable bonds is 11. The zero-order valence-electron chi connectivity index (χ0n) is 17.7. The van der Waals surface area contributed by atoms with Crippen LogP contribution in [0, 0.1) is 6.92 Å². The number of hydrogen-bond donors (Lipinski definition) is 1. The average molecular weight is 437 g/mol. The Morgan fingerprint density at radius 2 is 1.73 bits per heavy atom. The van der Waals surface area contributed by atoms with Crippen molar-refractivity contribution in [3.8, 4) is 11.5 Å². The third-order valence-corrected chi connectivity index (χ3v) is 6.18. The molecule has 0 aliphatic carbocycles. The number of methoxy groups -OCH3 is 3. The lowest BCUT2D eigenvalue weighted by molar-refractivity contribution is -0.119. The van der Waals surface area contributed by atoms with E-state index in [-0.39, 0.29) is 17.2 Å². The van der Waals surface area contributed by atoms with E-state index in [4.69, 9.17) is 14.2 Å². The number of anilines is 1. The van der Waals surface area contributed by atoms with Gasteiger partial charge in [0.2, 0.25) is 5.91 Å². The highest BCUT2D eigenvalue weighted by atomic mass is 32.2. The lowest BCUT2D eigenvalue weighted by Gasteiger charge is -2.25. The number of nitrogens with zero attached hydrogens (tertiary/aromatic N) is 1. The van der Waals surface area contributed by atoms with Gasteiger partial charge in [-0.1, -0.05) is 6.07 Å². The van der Waals surface area contributed by atoms with Gasteiger partial charge in [-0.15, -0.1) is 0 Å². The highest BCUT2D eigenvalue weighted by Gasteiger charge is 2.30. The van der Waals surface area contributed by atoms with Crippen LogP contribution in [0.5, 0.6) is 11.5 Å². The van der Waals surface area contributed by atoms with Crippen molar-refractivity contribution in [2.45, 2.75) is 18.2 Å². The van der Waals surface area contributed by atoms with E-state index in [0.29, 0.717) is 31.0 Å². The fourth-order valence-corrected chi connectivity index (χ4v) is 4.46. The third kappa shape index (κ3) is 5.87. The van der Waals surface area contributed by atoms with Gasteiger partial charge in [0.05, 0.1) is 19.9 Å². The number of aryl methyl sites for hydroxylation is 1. The molecule has 0 saturated carbocycles. The van der Waals surface area contributed by atoms with Crippen LogP contribution in [0.4, 0.5) is 5.69 Å². The Morgan fingerprint density at radius 3 is 2.33 bits per heavy atom. The van der Waals surface area contributed by atoms with Gasteiger partial charge in [0.25, 0.3) is 10.0 Å². The number of benzene rings is 2. The molecule has 0 radical (unpaired) electrons. The van der Waals surface area contributed by atoms with Crippen molar-refractivity contribution in [1.82, 2.24) is 5.32 Å². The molecule has 0 bridgehead atoms. The van der Waals surface area contributed by atoms with E-state index in [2.05, 4.69) is 5.32 Å². The lowest BCUT2D eigenvalue weighted by atomic mass is 10.2. The van der Waals surface area contributed by atoms with Gasteiger partial charge < -0.3 is 19.5 Å². The molecule has 9 heteroatoms. The summed E-state index contributed by atoms with van der Waals surface area (Å²) in [5, 5.41) is 2.72. The number of amides is 1. The Kier molecular flexibility index (Phi) is 8.49. The number of hydrogen-bond acceptors (Lipinski definition) is 6. The Hall–Kier alpha value is -2.78. The van der Waals surface area contributed by atoms with Crippen molar-refractivity contribution in [3.63, 3.8) is 0 Å². The molecule has 1 amide bonds. The van der Waals surface area contributed by atoms with E-state index in [1.54, 1.807) is 50.4 Å². The quantitative estimate of drug-likeness (QED) is 0.544. The Balaban J connectivity index is 2.41. The number of sulfonamides is 1. The van der Waals surface area contributed by atoms with Crippen LogP contribution in [0.15, 0.2) is 47.4 Å². The fraction of sp³-hybridized carbons (Fsp3) is 0.381. The second kappa shape index (κ2) is 10.8. The number of carbonyl (C=O) groups excluding carboxylic acids is 1. The predicted octanol–water partition coefficient (Wildman–Crippen LogP) is 2.36. The minimum absolute atomic E-state index is 0.00648. The Labute approximate surface area is 177 Å². The van der Waals surface area contributed by atoms with Crippen LogP contribution < -0.4 is 19.1 Å². The first-order valence-corrected chi connectivity index (χ1v) is 10.8. The van der Waals surface area contributed by atoms with Crippen LogP contribution in [0.3, 0.4) is 0 Å². The maximum Gasteiger partial charge on any atom is 0.268 e. The number of carbonyl (C=O) groups is 1. The van der Waals surface area contributed by atoms with Crippen LogP contribution in [0.25, 0.3) is 0 Å². The van der Waals surface area contributed by atoms with Gasteiger partial charge in [0.15, 0.2) is 0 Å². The standard InChI is InChI=1S/C21H28N2O6S/c1-16-6-11-19(29-4)20(14-16)30(25,26)23(15-21(24)22-12-5-13-27-2)17-7-9-18(28-3)10-8-17/h6-11,14H,5,12-13,15H2,1-4H3,(H,22,24). The van der Waals surface area contributed by atoms with E-state index < -0.39 is 15.9 Å². The van der Waals surface area contributed by atoms with E-state index in [9.17, 15) is 13.2 Å². The van der Waals surface area contributed by atoms with Crippen molar-refractivity contribution in [1.29, 1.82) is 0 Å². The predicted molar refractivity (Wildman–Crippen MR) is 115 cm³/mol. The van der Waals surface area contributed by atoms with Crippen LogP contribution in [-0.2, 0) is 19.6 Å². The summed E-state index contributed by atoms with van der Waals surface area (Å²) in [7, 11) is 0.420. The Bertz CT molecular complexity index is 944. The smallest absolute Gasteiger partial charge is 0.268 e. The molecule has 0 aliphatic rings. The molecule has 1 N–H and O–H groups in total. The normalized spacial score (nSPS) is 11.1. The van der Waals surface area contributed by atoms with Crippen molar-refractivity contribution < 1.29 is 27.4 Å². The second-order valence-corrected chi connectivity index (χ2v) is 8.39. The molecule has 2 rings (SSSR count). The van der Waals surface area contributed by atoms with Gasteiger partial charge in [-0.25, -0.2) is 8.42 Å². The second-order valence-electron chi connectivity index (χ2n) is 6.56. The first-order valence-electron chi connectivity index (χ1n) is 9.40. The molecule has 0 atom stereocenters. The Morgan fingerprint density at radius 1 is 1.03 bits per heavy atom. The SMILES string of the molecule is COCCCNC(=O)CN(c1ccc(OC)cc1)S(=O)(=O)c1cc(C)ccc1OC. The molecule has 0 spiro atoms. The van der Waals surface area contributed by atoms with Gasteiger partial charge in [0.1, 0.15) is 22.9 Å². The fourth-order valence-electron chi connectivity index (χ4n) is 2.80. The van der Waals surface area contributed by atoms with Gasteiger partial charge in [-0.05, 0) is 55.3 Å². The molecule has 0 aliphatic heterocycles. The molecule has 0 saturated heterocycles. The molecule has 0 heterocycles. The largest absolute Gasteiger partial charge is 0.497 e. The monoisotopic (exact) mass is 436 g/mol. The highest BCUT2D eigenvalue weighted by Crippen LogP contribution is 2.31. The zero-order valence-corrected chi connectivity index (χ0v) is 18.5. The maximum atomic E-state index is 13.5. The summed E-state index contributed by atoms with van der Waals surface area (Å²) in [6, 6.07) is 11.4. The van der Waals surface area contributed by atoms with E-state index in [0.717, 1.165) is 9.87 Å². The number of nitrogens with one attached hydrogen (secondary N) is 1. The molecule has 0 aromatic heterocycles. The summed E-state index contributed by atoms with van der Waals surface area (Å²) in [4.78, 5) is 12.5. The van der Waals surface area contributed by atoms with Crippen LogP contribution in [0.1, 0.15) is 12.0 Å². The lowest BCUT2D eigenvalue weighted by Crippen LogP contribution is -2.41. The first kappa shape index (κ1) is 23.5. The average Bonchev–Trinajstić information content (AvgIpc) is 2.75. The maximum absolute atomic E-state index is 13.5. The summed E-state index contributed by atoms with van der Waals surface area (Å²) in [5.41, 5.74) is 1.10. The molecule has 0 unspecified atom stereocenters. The van der Waals surface area contributed by atoms with Crippen molar-refractivity contribution in [2.24, 2.45) is 0 Å². The van der Waals surface area contributed by atoms with Crippen molar-refractivity contribution in [2.75, 3.05) is 45.3 Å². The van der Waals surface area contributed by atoms with E-state index >= 15 is 0 Å². The summed E-state index contributed by atoms with van der Waals surface area (Å²) in [5.74, 6) is 0.366. The highest BCUT2D eigenvalue weighted by molar-refractivity contribution is 7.93. The molecular formula is C21H28N2O6S. The zero-order chi connectivity index (χ0) is 22.1. The summed E-state index contributed by atoms with van der Waals surface area (Å²) < 4.78 is 43.5. The van der Waals surface area contributed by atoms with E-state index in [1.165, 1.54) is 20.3 Å². The molecule has 2 aromatic rings. The molecular weight excluding hydrogens is 408 g/mol. The minimum atomic E-state index is -4.09. The number of ether oxygens (including phenoxy) is 3. The van der Waals surface area contributed by atoms with Crippen LogP contribution in [0.2, 0.25) is 0 Å². The third-order valence-electron chi connectivity index (χ3n) is 4.38. The topological polar surface area (TPSA) is 94.2 Å². The van der Waals surface area contributed by atoms with Gasteiger partial charge in [0, 0.05) is 20.3 Å². The van der Waals surface area contributed by atoms with Crippen molar-refractivity contribution >= 4 is 21.6 Å². The molecule has 0 fully saturated rings. The minimum Gasteiger partial charge on any atom is -0.497 e. The molecule has 30 heavy (non-hydrogen) atoms. The van der Waals surface area contributed by atoms with Gasteiger partial charge >= 0.3 is 0 Å². The summed E-state index contributed by atoms with van der Waals surface area (Å²) >= 11 is 0. The molecule has 8 nitrogen and oxygen atoms in total. The first-order chi connectivity index (χ1) is 14.3. The van der Waals surface area contributed by atoms with Crippen LogP contribution >= 0.6 is 0 Å². The van der Waals surface area contributed by atoms with Crippen LogP contribution in [-0.4, -0.2) is 55.4 Å². The van der Waals surface area contributed by atoms with E-state index in [1.807, 2.05) is 0 Å². The van der Waals surface area contributed by atoms with Gasteiger partial charge in [-0.2, -0.15) is 0 Å². The summed E-state index contributed by atoms with van der Waals surface area (Å²) in [6.45, 7) is 2.30. The molecule has 164 valence electrons. The van der Waals surface area contributed by atoms with Crippen molar-refractivity contribution in [3.05, 3.63) is 48.0 Å². The molecule has 2 aromatic carbocycles. The summed E-state index contributed by atoms with van der Waals surface area (Å²) in [6.07, 6.45) is 0.628.